The quantitative estimate of drug-likeness (QED) is 0.358. The molecule has 8 aliphatic rings. The number of esters is 2. The summed E-state index contributed by atoms with van der Waals surface area (Å²) in [4.78, 5) is 54.7. The molecule has 5 heterocycles. The summed E-state index contributed by atoms with van der Waals surface area (Å²) in [6, 6.07) is 0. The molecule has 0 unspecified atom stereocenters. The monoisotopic (exact) mass is 546 g/mol. The smallest absolute Gasteiger partial charge is 0.342 e. The molecule has 0 amide bonds. The number of hydrogen-bond acceptors (Lipinski definition) is 9. The van der Waals surface area contributed by atoms with Crippen molar-refractivity contribution in [1.29, 1.82) is 0 Å². The number of fused-ring (bicyclic) bond motifs is 5. The highest BCUT2D eigenvalue weighted by Gasteiger charge is 2.93. The van der Waals surface area contributed by atoms with Crippen LogP contribution in [0.2, 0.25) is 0 Å². The fourth-order valence-electron chi connectivity index (χ4n) is 10.5. The second kappa shape index (κ2) is 6.40. The van der Waals surface area contributed by atoms with Crippen LogP contribution >= 0.6 is 11.6 Å². The standard InChI is InChI=1S/C28H31ClO9/c1-22-11-17-24(3)28-18(22)19(31)27(38-28,35-12-15(22)20(32)36-17)14-6-9-25(29)8-4-5-16(30)23(25,2)13(14)7-10-26(28,34)21(33)37-24/h4-5,13-15,17-18,34H,6-12H2,1-3H3/t13-,14+,15-,17+,18+,22+,23-,24-,25-,26+,27+,28-/m0/s1. The van der Waals surface area contributed by atoms with E-state index in [0.717, 1.165) is 0 Å². The maximum Gasteiger partial charge on any atom is 0.342 e. The highest BCUT2D eigenvalue weighted by atomic mass is 35.5. The van der Waals surface area contributed by atoms with Gasteiger partial charge in [-0.2, -0.15) is 0 Å². The Morgan fingerprint density at radius 2 is 1.79 bits per heavy atom. The predicted octanol–water partition coefficient (Wildman–Crippen LogP) is 2.00. The summed E-state index contributed by atoms with van der Waals surface area (Å²) < 4.78 is 25.2. The van der Waals surface area contributed by atoms with E-state index in [-0.39, 0.29) is 37.4 Å². The first-order valence-electron chi connectivity index (χ1n) is 13.7. The minimum atomic E-state index is -2.21. The van der Waals surface area contributed by atoms with E-state index in [9.17, 15) is 24.3 Å². The Kier molecular flexibility index (Phi) is 4.04. The predicted molar refractivity (Wildman–Crippen MR) is 127 cm³/mol. The number of rotatable bonds is 0. The molecule has 5 bridgehead atoms. The van der Waals surface area contributed by atoms with Crippen molar-refractivity contribution in [3.63, 3.8) is 0 Å². The molecule has 7 fully saturated rings. The fraction of sp³-hybridized carbons (Fsp3) is 0.786. The van der Waals surface area contributed by atoms with Crippen LogP contribution in [0.25, 0.3) is 0 Å². The zero-order valence-electron chi connectivity index (χ0n) is 21.6. The Labute approximate surface area is 224 Å². The minimum Gasteiger partial charge on any atom is -0.458 e. The summed E-state index contributed by atoms with van der Waals surface area (Å²) in [5.41, 5.74) is -7.66. The second-order valence-electron chi connectivity index (χ2n) is 13.6. The van der Waals surface area contributed by atoms with Gasteiger partial charge in [0.05, 0.1) is 28.7 Å². The van der Waals surface area contributed by atoms with Gasteiger partial charge in [0.1, 0.15) is 6.10 Å². The fourth-order valence-corrected chi connectivity index (χ4v) is 10.9. The summed E-state index contributed by atoms with van der Waals surface area (Å²) >= 11 is 7.22. The van der Waals surface area contributed by atoms with Crippen LogP contribution in [0.15, 0.2) is 12.2 Å². The molecule has 10 heteroatoms. The normalized spacial score (nSPS) is 61.3. The summed E-state index contributed by atoms with van der Waals surface area (Å²) in [6.07, 6.45) is 4.32. The van der Waals surface area contributed by atoms with Gasteiger partial charge in [0.15, 0.2) is 28.4 Å². The number of allylic oxidation sites excluding steroid dienone is 2. The van der Waals surface area contributed by atoms with Crippen LogP contribution in [-0.2, 0) is 38.1 Å². The van der Waals surface area contributed by atoms with Crippen molar-refractivity contribution in [3.8, 4) is 0 Å². The zero-order valence-corrected chi connectivity index (χ0v) is 22.3. The zero-order chi connectivity index (χ0) is 26.9. The third-order valence-electron chi connectivity index (χ3n) is 12.6. The number of Topliss-reactive ketones (excluding diaryl/α,β-unsaturated/α-hetero) is 1. The average Bonchev–Trinajstić information content (AvgIpc) is 3.17. The molecule has 5 aliphatic heterocycles. The van der Waals surface area contributed by atoms with E-state index in [4.69, 9.17) is 30.5 Å². The first-order chi connectivity index (χ1) is 17.8. The topological polar surface area (TPSA) is 125 Å². The van der Waals surface area contributed by atoms with Crippen LogP contribution in [0, 0.1) is 34.5 Å². The van der Waals surface area contributed by atoms with Crippen LogP contribution in [0.3, 0.4) is 0 Å². The van der Waals surface area contributed by atoms with E-state index in [1.165, 1.54) is 0 Å². The van der Waals surface area contributed by atoms with Crippen LogP contribution in [0.4, 0.5) is 0 Å². The maximum absolute atomic E-state index is 14.9. The van der Waals surface area contributed by atoms with Gasteiger partial charge in [-0.15, -0.1) is 11.6 Å². The van der Waals surface area contributed by atoms with Crippen molar-refractivity contribution < 1.29 is 43.2 Å². The lowest BCUT2D eigenvalue weighted by atomic mass is 9.46. The van der Waals surface area contributed by atoms with Gasteiger partial charge < -0.3 is 24.1 Å². The molecule has 0 aromatic heterocycles. The SMILES string of the molecule is C[C@@]12C[C@H]3OC(=O)[C@@H]1CO[C@]14O[C@]5([C@@H]2C1=O)[C@@](O)(CC[C@H]1[C@H]4CC[C@@]2(Cl)CC=CC(=O)[C@]12C)C(=O)O[C@@]35C. The molecule has 0 radical (unpaired) electrons. The molecule has 2 spiro atoms. The Balaban J connectivity index is 1.42. The van der Waals surface area contributed by atoms with Gasteiger partial charge in [-0.25, -0.2) is 4.79 Å². The Morgan fingerprint density at radius 1 is 1.05 bits per heavy atom. The number of carbonyl (C=O) groups is 4. The van der Waals surface area contributed by atoms with Crippen molar-refractivity contribution in [2.24, 2.45) is 34.5 Å². The molecule has 9 nitrogen and oxygen atoms in total. The van der Waals surface area contributed by atoms with Crippen molar-refractivity contribution in [1.82, 2.24) is 0 Å². The van der Waals surface area contributed by atoms with Gasteiger partial charge in [-0.3, -0.25) is 14.4 Å². The van der Waals surface area contributed by atoms with Gasteiger partial charge in [0.25, 0.3) is 0 Å². The Morgan fingerprint density at radius 3 is 2.55 bits per heavy atom. The molecule has 2 saturated carbocycles. The highest BCUT2D eigenvalue weighted by Crippen LogP contribution is 2.75. The van der Waals surface area contributed by atoms with Gasteiger partial charge in [0.2, 0.25) is 5.79 Å². The molecule has 0 aromatic carbocycles. The van der Waals surface area contributed by atoms with Gasteiger partial charge >= 0.3 is 11.9 Å². The molecule has 5 saturated heterocycles. The van der Waals surface area contributed by atoms with Crippen LogP contribution in [0.5, 0.6) is 0 Å². The summed E-state index contributed by atoms with van der Waals surface area (Å²) in [5.74, 6) is -6.68. The van der Waals surface area contributed by atoms with Crippen molar-refractivity contribution in [3.05, 3.63) is 12.2 Å². The molecular weight excluding hydrogens is 516 g/mol. The van der Waals surface area contributed by atoms with Crippen molar-refractivity contribution in [2.75, 3.05) is 6.61 Å². The van der Waals surface area contributed by atoms with E-state index >= 15 is 0 Å². The van der Waals surface area contributed by atoms with Gasteiger partial charge in [-0.05, 0) is 62.9 Å². The van der Waals surface area contributed by atoms with Crippen molar-refractivity contribution >= 4 is 35.1 Å². The molecule has 12 atom stereocenters. The largest absolute Gasteiger partial charge is 0.458 e. The molecule has 0 aromatic rings. The second-order valence-corrected chi connectivity index (χ2v) is 14.3. The maximum atomic E-state index is 14.9. The minimum absolute atomic E-state index is 0.0799. The van der Waals surface area contributed by atoms with Gasteiger partial charge in [0, 0.05) is 5.92 Å². The van der Waals surface area contributed by atoms with E-state index in [1.807, 2.05) is 13.8 Å². The number of ether oxygens (including phenoxy) is 4. The Hall–Kier alpha value is -1.81. The Bertz CT molecular complexity index is 1300. The number of halogens is 1. The summed E-state index contributed by atoms with van der Waals surface area (Å²) in [7, 11) is 0. The van der Waals surface area contributed by atoms with Crippen LogP contribution in [0.1, 0.15) is 59.3 Å². The third-order valence-corrected chi connectivity index (χ3v) is 13.3. The van der Waals surface area contributed by atoms with E-state index in [1.54, 1.807) is 19.1 Å². The molecular formula is C28H31ClO9. The number of aliphatic hydroxyl groups is 1. The lowest BCUT2D eigenvalue weighted by Crippen LogP contribution is -2.79. The number of carbonyl (C=O) groups excluding carboxylic acids is 4. The molecule has 204 valence electrons. The van der Waals surface area contributed by atoms with Gasteiger partial charge in [-0.1, -0.05) is 19.9 Å². The molecule has 1 N–H and O–H groups in total. The molecule has 38 heavy (non-hydrogen) atoms. The van der Waals surface area contributed by atoms with E-state index < -0.39 is 80.0 Å². The lowest BCUT2D eigenvalue weighted by molar-refractivity contribution is -0.376. The first-order valence-corrected chi connectivity index (χ1v) is 14.1. The number of alkyl halides is 1. The van der Waals surface area contributed by atoms with E-state index in [0.29, 0.717) is 19.3 Å². The molecule has 3 aliphatic carbocycles. The summed E-state index contributed by atoms with van der Waals surface area (Å²) in [6.45, 7) is 5.21. The molecule has 8 rings (SSSR count). The van der Waals surface area contributed by atoms with E-state index in [2.05, 4.69) is 0 Å². The highest BCUT2D eigenvalue weighted by molar-refractivity contribution is 6.27. The summed E-state index contributed by atoms with van der Waals surface area (Å²) in [5, 5.41) is 12.4. The first kappa shape index (κ1) is 24.0. The number of hydrogen-bond donors (Lipinski definition) is 1. The van der Waals surface area contributed by atoms with Crippen LogP contribution in [-0.4, -0.2) is 68.8 Å². The number of ketones is 2. The average molecular weight is 547 g/mol. The third kappa shape index (κ3) is 2.03. The van der Waals surface area contributed by atoms with Crippen LogP contribution < -0.4 is 0 Å². The van der Waals surface area contributed by atoms with Crippen molar-refractivity contribution in [2.45, 2.75) is 92.9 Å². The lowest BCUT2D eigenvalue weighted by Gasteiger charge is -2.63.